The van der Waals surface area contributed by atoms with Gasteiger partial charge in [-0.3, -0.25) is 9.59 Å². The quantitative estimate of drug-likeness (QED) is 0.699. The average Bonchev–Trinajstić information content (AvgIpc) is 2.68. The third-order valence-electron chi connectivity index (χ3n) is 4.20. The fourth-order valence-corrected chi connectivity index (χ4v) is 4.25. The molecule has 0 aromatic heterocycles. The molecule has 0 heterocycles. The van der Waals surface area contributed by atoms with Gasteiger partial charge in [0.1, 0.15) is 0 Å². The lowest BCUT2D eigenvalue weighted by Crippen LogP contribution is -2.33. The molecule has 1 N–H and O–H groups in total. The first-order valence-electron chi connectivity index (χ1n) is 8.91. The highest BCUT2D eigenvalue weighted by atomic mass is 32.2. The largest absolute Gasteiger partial charge is 0.339 e. The van der Waals surface area contributed by atoms with Gasteiger partial charge in [0.2, 0.25) is 10.0 Å². The highest BCUT2D eigenvalue weighted by Gasteiger charge is 2.23. The van der Waals surface area contributed by atoms with Crippen LogP contribution >= 0.6 is 11.8 Å². The van der Waals surface area contributed by atoms with Crippen molar-refractivity contribution in [3.63, 3.8) is 0 Å². The Morgan fingerprint density at radius 2 is 1.48 bits per heavy atom. The lowest BCUT2D eigenvalue weighted by Gasteiger charge is -2.21. The molecule has 2 amide bonds. The molecule has 0 saturated heterocycles. The maximum Gasteiger partial charge on any atom is 0.285 e. The molecule has 29 heavy (non-hydrogen) atoms. The number of carbonyl (C=O) groups is 2. The number of hydrogen-bond acceptors (Lipinski definition) is 5. The number of rotatable bonds is 6. The van der Waals surface area contributed by atoms with Crippen LogP contribution in [0.15, 0.2) is 58.3 Å². The molecule has 9 heteroatoms. The Labute approximate surface area is 176 Å². The Bertz CT molecular complexity index is 970. The second-order valence-corrected chi connectivity index (χ2v) is 9.90. The molecule has 2 aromatic rings. The maximum absolute atomic E-state index is 12.5. The molecule has 0 aliphatic carbocycles. The van der Waals surface area contributed by atoms with Crippen LogP contribution in [0.3, 0.4) is 0 Å². The van der Waals surface area contributed by atoms with Gasteiger partial charge < -0.3 is 10.2 Å². The highest BCUT2D eigenvalue weighted by Crippen LogP contribution is 2.23. The summed E-state index contributed by atoms with van der Waals surface area (Å²) in [6.07, 6.45) is 0. The Morgan fingerprint density at radius 3 is 1.97 bits per heavy atom. The first-order chi connectivity index (χ1) is 13.5. The molecule has 0 fully saturated rings. The average molecular weight is 436 g/mol. The number of thioether (sulfide) groups is 1. The molecule has 0 radical (unpaired) electrons. The summed E-state index contributed by atoms with van der Waals surface area (Å²) in [4.78, 5) is 26.5. The predicted octanol–water partition coefficient (Wildman–Crippen LogP) is 3.74. The van der Waals surface area contributed by atoms with Crippen LogP contribution in [0.25, 0.3) is 0 Å². The number of amides is 2. The number of carbonyl (C=O) groups excluding carboxylic acids is 2. The van der Waals surface area contributed by atoms with Crippen LogP contribution in [-0.2, 0) is 10.0 Å². The summed E-state index contributed by atoms with van der Waals surface area (Å²) in [6, 6.07) is 12.6. The molecule has 0 bridgehead atoms. The molecule has 0 atom stereocenters. The van der Waals surface area contributed by atoms with Crippen LogP contribution in [0.4, 0.5) is 10.5 Å². The molecule has 0 aliphatic heterocycles. The summed E-state index contributed by atoms with van der Waals surface area (Å²) < 4.78 is 26.3. The Hall–Kier alpha value is -2.36. The van der Waals surface area contributed by atoms with Gasteiger partial charge in [-0.05, 0) is 74.1 Å². The van der Waals surface area contributed by atoms with Gasteiger partial charge in [0.15, 0.2) is 0 Å². The van der Waals surface area contributed by atoms with Crippen molar-refractivity contribution in [1.29, 1.82) is 0 Å². The van der Waals surface area contributed by atoms with Crippen LogP contribution in [0, 0.1) is 0 Å². The fraction of sp³-hybridized carbons (Fsp3) is 0.300. The normalized spacial score (nSPS) is 11.6. The number of nitrogens with zero attached hydrogens (tertiary/aromatic N) is 2. The molecule has 7 nitrogen and oxygen atoms in total. The summed E-state index contributed by atoms with van der Waals surface area (Å²) in [7, 11) is 1.29. The summed E-state index contributed by atoms with van der Waals surface area (Å²) >= 11 is 1.10. The van der Waals surface area contributed by atoms with Crippen LogP contribution in [0.5, 0.6) is 0 Å². The van der Waals surface area contributed by atoms with Crippen LogP contribution in [-0.4, -0.2) is 56.0 Å². The van der Waals surface area contributed by atoms with Gasteiger partial charge in [0.25, 0.3) is 11.1 Å². The maximum atomic E-state index is 12.5. The summed E-state index contributed by atoms with van der Waals surface area (Å²) in [5, 5.41) is 2.67. The number of hydrogen-bond donors (Lipinski definition) is 1. The van der Waals surface area contributed by atoms with E-state index in [2.05, 4.69) is 5.32 Å². The Kier molecular flexibility index (Phi) is 7.45. The van der Waals surface area contributed by atoms with E-state index in [4.69, 9.17) is 0 Å². The van der Waals surface area contributed by atoms with Gasteiger partial charge in [-0.2, -0.15) is 4.31 Å². The number of sulfonamides is 1. The van der Waals surface area contributed by atoms with Gasteiger partial charge >= 0.3 is 0 Å². The monoisotopic (exact) mass is 435 g/mol. The number of anilines is 1. The third-order valence-corrected chi connectivity index (χ3v) is 7.30. The molecular weight excluding hydrogens is 410 g/mol. The summed E-state index contributed by atoms with van der Waals surface area (Å²) in [5.41, 5.74) is 0.922. The van der Waals surface area contributed by atoms with E-state index in [0.29, 0.717) is 11.3 Å². The van der Waals surface area contributed by atoms with Crippen molar-refractivity contribution in [2.45, 2.75) is 29.7 Å². The fourth-order valence-electron chi connectivity index (χ4n) is 2.22. The second-order valence-electron chi connectivity index (χ2n) is 6.88. The van der Waals surface area contributed by atoms with Crippen molar-refractivity contribution < 1.29 is 18.0 Å². The van der Waals surface area contributed by atoms with E-state index >= 15 is 0 Å². The van der Waals surface area contributed by atoms with E-state index in [-0.39, 0.29) is 22.1 Å². The smallest absolute Gasteiger partial charge is 0.285 e. The second kappa shape index (κ2) is 9.43. The van der Waals surface area contributed by atoms with Crippen LogP contribution < -0.4 is 5.32 Å². The summed E-state index contributed by atoms with van der Waals surface area (Å²) in [6.45, 7) is 3.58. The SMILES string of the molecule is CC(C)N(C)S(=O)(=O)c1ccc(C(=O)Nc2ccc(SC(=O)N(C)C)cc2)cc1. The third kappa shape index (κ3) is 5.81. The predicted molar refractivity (Wildman–Crippen MR) is 116 cm³/mol. The van der Waals surface area contributed by atoms with Gasteiger partial charge in [0, 0.05) is 43.3 Å². The lowest BCUT2D eigenvalue weighted by molar-refractivity contribution is 0.102. The van der Waals surface area contributed by atoms with E-state index in [1.807, 2.05) is 0 Å². The number of nitrogens with one attached hydrogen (secondary N) is 1. The zero-order valence-electron chi connectivity index (χ0n) is 17.0. The standard InChI is InChI=1S/C20H25N3O4S2/c1-14(2)23(5)29(26,27)18-12-6-15(7-13-18)19(24)21-16-8-10-17(11-9-16)28-20(25)22(3)4/h6-14H,1-5H3,(H,21,24). The molecule has 0 aliphatic rings. The molecule has 156 valence electrons. The van der Waals surface area contributed by atoms with Crippen molar-refractivity contribution in [3.8, 4) is 0 Å². The minimum atomic E-state index is -3.59. The van der Waals surface area contributed by atoms with Crippen LogP contribution in [0.2, 0.25) is 0 Å². The van der Waals surface area contributed by atoms with Gasteiger partial charge in [-0.15, -0.1) is 0 Å². The van der Waals surface area contributed by atoms with Crippen LogP contribution in [0.1, 0.15) is 24.2 Å². The van der Waals surface area contributed by atoms with Crippen molar-refractivity contribution in [2.24, 2.45) is 0 Å². The molecule has 0 spiro atoms. The van der Waals surface area contributed by atoms with E-state index in [1.54, 1.807) is 52.2 Å². The first-order valence-corrected chi connectivity index (χ1v) is 11.2. The minimum absolute atomic E-state index is 0.0834. The summed E-state index contributed by atoms with van der Waals surface area (Å²) in [5.74, 6) is -0.351. The molecular formula is C20H25N3O4S2. The highest BCUT2D eigenvalue weighted by molar-refractivity contribution is 8.13. The molecule has 0 unspecified atom stereocenters. The van der Waals surface area contributed by atoms with Crippen molar-refractivity contribution in [1.82, 2.24) is 9.21 Å². The molecule has 0 saturated carbocycles. The first kappa shape index (κ1) is 22.9. The Morgan fingerprint density at radius 1 is 0.931 bits per heavy atom. The van der Waals surface area contributed by atoms with E-state index in [1.165, 1.54) is 40.5 Å². The topological polar surface area (TPSA) is 86.8 Å². The van der Waals surface area contributed by atoms with E-state index in [9.17, 15) is 18.0 Å². The van der Waals surface area contributed by atoms with E-state index < -0.39 is 10.0 Å². The zero-order chi connectivity index (χ0) is 21.8. The van der Waals surface area contributed by atoms with Crippen molar-refractivity contribution in [3.05, 3.63) is 54.1 Å². The van der Waals surface area contributed by atoms with Gasteiger partial charge in [0.05, 0.1) is 4.90 Å². The molecule has 2 aromatic carbocycles. The van der Waals surface area contributed by atoms with Gasteiger partial charge in [-0.1, -0.05) is 0 Å². The van der Waals surface area contributed by atoms with Gasteiger partial charge in [-0.25, -0.2) is 8.42 Å². The number of benzene rings is 2. The van der Waals surface area contributed by atoms with Crippen molar-refractivity contribution in [2.75, 3.05) is 26.5 Å². The molecule has 2 rings (SSSR count). The lowest BCUT2D eigenvalue weighted by atomic mass is 10.2. The Balaban J connectivity index is 2.07. The van der Waals surface area contributed by atoms with E-state index in [0.717, 1.165) is 16.7 Å². The zero-order valence-corrected chi connectivity index (χ0v) is 18.7. The van der Waals surface area contributed by atoms with Crippen molar-refractivity contribution >= 4 is 38.6 Å². The minimum Gasteiger partial charge on any atom is -0.339 e.